The van der Waals surface area contributed by atoms with Crippen molar-refractivity contribution in [1.29, 1.82) is 0 Å². The number of carbonyl (C=O) groups excluding carboxylic acids is 2. The quantitative estimate of drug-likeness (QED) is 0.268. The molecule has 0 aliphatic carbocycles. The zero-order valence-electron chi connectivity index (χ0n) is 21.5. The lowest BCUT2D eigenvalue weighted by Crippen LogP contribution is -2.44. The van der Waals surface area contributed by atoms with Crippen molar-refractivity contribution in [2.45, 2.75) is 78.2 Å². The Labute approximate surface area is 201 Å². The van der Waals surface area contributed by atoms with Crippen LogP contribution in [0.2, 0.25) is 0 Å². The summed E-state index contributed by atoms with van der Waals surface area (Å²) < 4.78 is 12.7. The number of ether oxygens (including phenoxy) is 2. The van der Waals surface area contributed by atoms with Crippen molar-refractivity contribution < 1.29 is 19.1 Å². The van der Waals surface area contributed by atoms with Crippen LogP contribution in [0, 0.1) is 0 Å². The fourth-order valence-corrected chi connectivity index (χ4v) is 3.80. The van der Waals surface area contributed by atoms with Gasteiger partial charge in [-0.05, 0) is 31.9 Å². The number of rotatable bonds is 20. The first kappa shape index (κ1) is 29.2. The Bertz CT molecular complexity index is 647. The summed E-state index contributed by atoms with van der Waals surface area (Å²) in [6.07, 6.45) is 11.4. The van der Waals surface area contributed by atoms with E-state index in [9.17, 15) is 9.59 Å². The van der Waals surface area contributed by atoms with Crippen molar-refractivity contribution in [1.82, 2.24) is 14.4 Å². The average molecular weight is 466 g/mol. The van der Waals surface area contributed by atoms with Gasteiger partial charge in [0, 0.05) is 58.8 Å². The molecule has 0 saturated carbocycles. The normalized spacial score (nSPS) is 11.0. The zero-order valence-corrected chi connectivity index (χ0v) is 21.5. The fourth-order valence-electron chi connectivity index (χ4n) is 3.80. The third-order valence-corrected chi connectivity index (χ3v) is 5.92. The molecule has 0 spiro atoms. The van der Waals surface area contributed by atoms with Crippen molar-refractivity contribution in [3.05, 3.63) is 24.0 Å². The molecule has 0 aliphatic rings. The van der Waals surface area contributed by atoms with Crippen LogP contribution in [0.25, 0.3) is 0 Å². The molecule has 1 heterocycles. The molecule has 2 amide bonds. The first-order valence-corrected chi connectivity index (χ1v) is 12.8. The Morgan fingerprint density at radius 3 is 2.27 bits per heavy atom. The van der Waals surface area contributed by atoms with Gasteiger partial charge in [-0.15, -0.1) is 0 Å². The Hall–Kier alpha value is -1.86. The summed E-state index contributed by atoms with van der Waals surface area (Å²) in [5.74, 6) is 0.0246. The lowest BCUT2D eigenvalue weighted by atomic mass is 10.1. The smallest absolute Gasteiger partial charge is 0.242 e. The molecule has 0 N–H and O–H groups in total. The zero-order chi connectivity index (χ0) is 24.3. The van der Waals surface area contributed by atoms with Crippen LogP contribution in [0.4, 0.5) is 0 Å². The van der Waals surface area contributed by atoms with Gasteiger partial charge in [-0.2, -0.15) is 0 Å². The molecule has 0 aromatic carbocycles. The van der Waals surface area contributed by atoms with Gasteiger partial charge >= 0.3 is 0 Å². The molecule has 0 unspecified atom stereocenters. The molecule has 0 aliphatic heterocycles. The van der Waals surface area contributed by atoms with Gasteiger partial charge < -0.3 is 23.8 Å². The molecular formula is C26H47N3O4. The van der Waals surface area contributed by atoms with E-state index < -0.39 is 0 Å². The molecule has 7 nitrogen and oxygen atoms in total. The lowest BCUT2D eigenvalue weighted by Gasteiger charge is -2.28. The minimum Gasteiger partial charge on any atom is -0.383 e. The van der Waals surface area contributed by atoms with Gasteiger partial charge in [-0.25, -0.2) is 0 Å². The summed E-state index contributed by atoms with van der Waals surface area (Å²) in [4.78, 5) is 29.7. The highest BCUT2D eigenvalue weighted by Crippen LogP contribution is 2.11. The summed E-state index contributed by atoms with van der Waals surface area (Å²) in [6.45, 7) is 7.56. The second-order valence-corrected chi connectivity index (χ2v) is 8.66. The molecule has 1 aromatic rings. The molecule has 190 valence electrons. The van der Waals surface area contributed by atoms with Gasteiger partial charge in [0.2, 0.25) is 11.8 Å². The van der Waals surface area contributed by atoms with Crippen molar-refractivity contribution in [3.8, 4) is 0 Å². The van der Waals surface area contributed by atoms with Gasteiger partial charge in [0.05, 0.1) is 19.7 Å². The number of aromatic nitrogens is 1. The molecule has 1 aromatic heterocycles. The topological polar surface area (TPSA) is 64.0 Å². The minimum absolute atomic E-state index is 0.0439. The van der Waals surface area contributed by atoms with Crippen LogP contribution < -0.4 is 0 Å². The maximum absolute atomic E-state index is 13.2. The first-order chi connectivity index (χ1) is 16.0. The summed E-state index contributed by atoms with van der Waals surface area (Å²) >= 11 is 0. The van der Waals surface area contributed by atoms with E-state index in [0.717, 1.165) is 25.0 Å². The Morgan fingerprint density at radius 1 is 0.909 bits per heavy atom. The average Bonchev–Trinajstić information content (AvgIpc) is 3.21. The molecule has 0 bridgehead atoms. The van der Waals surface area contributed by atoms with Crippen molar-refractivity contribution in [2.24, 2.45) is 7.05 Å². The summed E-state index contributed by atoms with van der Waals surface area (Å²) in [5.41, 5.74) is 1.05. The number of amides is 2. The summed E-state index contributed by atoms with van der Waals surface area (Å²) in [6, 6.07) is 3.98. The highest BCUT2D eigenvalue weighted by Gasteiger charge is 2.21. The lowest BCUT2D eigenvalue weighted by molar-refractivity contribution is -0.141. The number of hydrogen-bond donors (Lipinski definition) is 0. The number of hydrogen-bond acceptors (Lipinski definition) is 4. The molecule has 0 radical (unpaired) electrons. The van der Waals surface area contributed by atoms with Crippen LogP contribution in [-0.2, 0) is 32.7 Å². The van der Waals surface area contributed by atoms with E-state index in [-0.39, 0.29) is 18.4 Å². The Balaban J connectivity index is 2.66. The molecule has 33 heavy (non-hydrogen) atoms. The van der Waals surface area contributed by atoms with Crippen LogP contribution in [-0.4, -0.2) is 72.7 Å². The fraction of sp³-hybridized carbons (Fsp3) is 0.769. The molecule has 0 fully saturated rings. The van der Waals surface area contributed by atoms with Crippen LogP contribution in [0.5, 0.6) is 0 Å². The van der Waals surface area contributed by atoms with Crippen LogP contribution in [0.3, 0.4) is 0 Å². The minimum atomic E-state index is -0.0439. The van der Waals surface area contributed by atoms with Gasteiger partial charge in [-0.1, -0.05) is 45.4 Å². The first-order valence-electron chi connectivity index (χ1n) is 12.8. The van der Waals surface area contributed by atoms with Crippen molar-refractivity contribution >= 4 is 11.8 Å². The number of nitrogens with zero attached hydrogens (tertiary/aromatic N) is 3. The van der Waals surface area contributed by atoms with E-state index in [1.807, 2.05) is 36.9 Å². The Morgan fingerprint density at radius 2 is 1.64 bits per heavy atom. The molecular weight excluding hydrogens is 418 g/mol. The van der Waals surface area contributed by atoms with E-state index in [4.69, 9.17) is 9.47 Å². The van der Waals surface area contributed by atoms with Gasteiger partial charge in [-0.3, -0.25) is 9.59 Å². The third kappa shape index (κ3) is 12.8. The SMILES string of the molecule is CCCCCCCCCC(=O)N(CCCOCC)CC(=O)N(CCOC)Cc1cccn1C. The highest BCUT2D eigenvalue weighted by molar-refractivity contribution is 5.84. The second kappa shape index (κ2) is 18.6. The van der Waals surface area contributed by atoms with Crippen LogP contribution in [0.1, 0.15) is 77.3 Å². The number of carbonyl (C=O) groups is 2. The van der Waals surface area contributed by atoms with Crippen molar-refractivity contribution in [3.63, 3.8) is 0 Å². The standard InChI is InChI=1S/C26H47N3O4/c1-5-7-8-9-10-11-12-16-25(30)28(18-14-20-33-6-2)23-26(31)29(19-21-32-4)22-24-15-13-17-27(24)3/h13,15,17H,5-12,14,16,18-23H2,1-4H3. The van der Waals surface area contributed by atoms with E-state index in [1.165, 1.54) is 32.1 Å². The van der Waals surface area contributed by atoms with Gasteiger partial charge in [0.1, 0.15) is 0 Å². The van der Waals surface area contributed by atoms with Gasteiger partial charge in [0.15, 0.2) is 0 Å². The molecule has 0 atom stereocenters. The van der Waals surface area contributed by atoms with Crippen LogP contribution >= 0.6 is 0 Å². The van der Waals surface area contributed by atoms with Crippen molar-refractivity contribution in [2.75, 3.05) is 46.6 Å². The van der Waals surface area contributed by atoms with Gasteiger partial charge in [0.25, 0.3) is 0 Å². The van der Waals surface area contributed by atoms with E-state index in [1.54, 1.807) is 16.9 Å². The van der Waals surface area contributed by atoms with E-state index >= 15 is 0 Å². The predicted molar refractivity (Wildman–Crippen MR) is 133 cm³/mol. The molecule has 1 rings (SSSR count). The van der Waals surface area contributed by atoms with E-state index in [2.05, 4.69) is 6.92 Å². The number of unbranched alkanes of at least 4 members (excludes halogenated alkanes) is 6. The number of methoxy groups -OCH3 is 1. The highest BCUT2D eigenvalue weighted by atomic mass is 16.5. The maximum atomic E-state index is 13.2. The monoisotopic (exact) mass is 465 g/mol. The number of aryl methyl sites for hydroxylation is 1. The summed E-state index contributed by atoms with van der Waals surface area (Å²) in [5, 5.41) is 0. The third-order valence-electron chi connectivity index (χ3n) is 5.92. The second-order valence-electron chi connectivity index (χ2n) is 8.66. The summed E-state index contributed by atoms with van der Waals surface area (Å²) in [7, 11) is 3.61. The predicted octanol–water partition coefficient (Wildman–Crippen LogP) is 4.40. The van der Waals surface area contributed by atoms with E-state index in [0.29, 0.717) is 45.9 Å². The maximum Gasteiger partial charge on any atom is 0.242 e. The van der Waals surface area contributed by atoms with Crippen LogP contribution in [0.15, 0.2) is 18.3 Å². The molecule has 0 saturated heterocycles. The Kier molecular flexibility index (Phi) is 16.4. The molecule has 7 heteroatoms. The largest absolute Gasteiger partial charge is 0.383 e.